The van der Waals surface area contributed by atoms with Crippen LogP contribution in [-0.4, -0.2) is 42.4 Å². The molecule has 1 rings (SSSR count). The molecule has 1 atom stereocenters. The summed E-state index contributed by atoms with van der Waals surface area (Å²) in [4.78, 5) is 11.7. The van der Waals surface area contributed by atoms with Gasteiger partial charge in [-0.25, -0.2) is 0 Å². The maximum Gasteiger partial charge on any atom is 0.460 e. The molecule has 0 saturated heterocycles. The summed E-state index contributed by atoms with van der Waals surface area (Å²) < 4.78 is 178. The molecule has 0 aliphatic rings. The van der Waals surface area contributed by atoms with Crippen LogP contribution in [0.1, 0.15) is 24.0 Å². The van der Waals surface area contributed by atoms with E-state index < -0.39 is 65.4 Å². The van der Waals surface area contributed by atoms with Crippen molar-refractivity contribution < 1.29 is 66.6 Å². The van der Waals surface area contributed by atoms with Gasteiger partial charge in [-0.1, -0.05) is 24.3 Å². The summed E-state index contributed by atoms with van der Waals surface area (Å²) in [6, 6.07) is 2.38. The number of hydrogen-bond acceptors (Lipinski definition) is 3. The summed E-state index contributed by atoms with van der Waals surface area (Å²) in [5, 5.41) is 8.98. The second-order valence-electron chi connectivity index (χ2n) is 6.27. The molecule has 1 unspecified atom stereocenters. The summed E-state index contributed by atoms with van der Waals surface area (Å²) in [5.74, 6) is -42.3. The van der Waals surface area contributed by atoms with E-state index in [0.29, 0.717) is 12.1 Å². The molecule has 16 heteroatoms. The number of ether oxygens (including phenoxy) is 1. The molecular weight excluding hydrogens is 497 g/mol. The van der Waals surface area contributed by atoms with Gasteiger partial charge in [0.15, 0.2) is 5.92 Å². The molecule has 0 saturated carbocycles. The van der Waals surface area contributed by atoms with Gasteiger partial charge in [0.05, 0.1) is 12.7 Å². The first-order valence-corrected chi connectivity index (χ1v) is 8.28. The van der Waals surface area contributed by atoms with Crippen molar-refractivity contribution >= 4 is 5.97 Å². The monoisotopic (exact) mass is 507 g/mol. The Morgan fingerprint density at radius 3 is 1.73 bits per heavy atom. The number of halogens is 13. The zero-order chi connectivity index (χ0) is 26.3. The third-order valence-corrected chi connectivity index (χ3v) is 4.19. The molecule has 0 fully saturated rings. The molecule has 1 aromatic rings. The molecule has 0 N–H and O–H groups in total. The highest BCUT2D eigenvalue weighted by atomic mass is 19.4. The molecule has 0 radical (unpaired) electrons. The summed E-state index contributed by atoms with van der Waals surface area (Å²) in [5.41, 5.74) is -3.86. The molecule has 0 bridgehead atoms. The first kappa shape index (κ1) is 28.3. The highest BCUT2D eigenvalue weighted by molar-refractivity contribution is 5.82. The molecule has 186 valence electrons. The molecule has 0 aromatic heterocycles. The largest absolute Gasteiger partial charge is 0.465 e. The number of alkyl halides is 13. The Labute approximate surface area is 175 Å². The molecule has 1 aromatic carbocycles. The van der Waals surface area contributed by atoms with Crippen LogP contribution in [0.25, 0.3) is 0 Å². The number of carbonyl (C=O) groups is 1. The topological polar surface area (TPSA) is 50.1 Å². The number of nitrogens with zero attached hydrogens (tertiary/aromatic N) is 1. The fraction of sp³-hybridized carbons (Fsp3) is 0.529. The number of rotatable bonds is 8. The SMILES string of the molecule is CCOC(=O)C(C#N)c1ccccc1C(F)(F)C(F)(F)C(F)(F)C(F)(F)C(F)(F)C(F)(F)F. The summed E-state index contributed by atoms with van der Waals surface area (Å²) in [6.07, 6.45) is -7.53. The Morgan fingerprint density at radius 1 is 0.848 bits per heavy atom. The third kappa shape index (κ3) is 4.17. The fourth-order valence-electron chi connectivity index (χ4n) is 2.45. The van der Waals surface area contributed by atoms with Crippen molar-refractivity contribution in [3.05, 3.63) is 35.4 Å². The molecule has 0 spiro atoms. The van der Waals surface area contributed by atoms with Gasteiger partial charge in [0.2, 0.25) is 0 Å². The summed E-state index contributed by atoms with van der Waals surface area (Å²) in [6.45, 7) is 0.674. The molecular formula is C17H10F13NO2. The van der Waals surface area contributed by atoms with E-state index in [-0.39, 0.29) is 6.07 Å². The Balaban J connectivity index is 3.77. The van der Waals surface area contributed by atoms with Crippen LogP contribution in [0.4, 0.5) is 57.1 Å². The summed E-state index contributed by atoms with van der Waals surface area (Å²) >= 11 is 0. The van der Waals surface area contributed by atoms with E-state index in [1.54, 1.807) is 0 Å². The van der Waals surface area contributed by atoms with Crippen molar-refractivity contribution in [2.24, 2.45) is 0 Å². The van der Waals surface area contributed by atoms with Gasteiger partial charge in [-0.15, -0.1) is 0 Å². The van der Waals surface area contributed by atoms with Gasteiger partial charge in [-0.3, -0.25) is 4.79 Å². The lowest BCUT2D eigenvalue weighted by Gasteiger charge is -2.40. The summed E-state index contributed by atoms with van der Waals surface area (Å²) in [7, 11) is 0. The molecule has 3 nitrogen and oxygen atoms in total. The zero-order valence-electron chi connectivity index (χ0n) is 15.8. The van der Waals surface area contributed by atoms with Gasteiger partial charge in [0, 0.05) is 5.56 Å². The second kappa shape index (κ2) is 8.56. The van der Waals surface area contributed by atoms with Crippen molar-refractivity contribution in [1.82, 2.24) is 0 Å². The minimum absolute atomic E-state index is 0.136. The minimum Gasteiger partial charge on any atom is -0.465 e. The van der Waals surface area contributed by atoms with E-state index in [0.717, 1.165) is 19.1 Å². The van der Waals surface area contributed by atoms with Crippen LogP contribution in [0.5, 0.6) is 0 Å². The first-order chi connectivity index (χ1) is 14.7. The minimum atomic E-state index is -8.06. The molecule has 0 amide bonds. The van der Waals surface area contributed by atoms with Crippen LogP contribution in [0.15, 0.2) is 24.3 Å². The van der Waals surface area contributed by atoms with Crippen molar-refractivity contribution in [2.45, 2.75) is 48.6 Å². The van der Waals surface area contributed by atoms with Crippen LogP contribution in [0, 0.1) is 11.3 Å². The maximum atomic E-state index is 14.5. The van der Waals surface area contributed by atoms with Crippen molar-refractivity contribution in [3.8, 4) is 6.07 Å². The molecule has 0 aliphatic carbocycles. The van der Waals surface area contributed by atoms with Gasteiger partial charge < -0.3 is 4.74 Å². The first-order valence-electron chi connectivity index (χ1n) is 8.28. The number of esters is 1. The Kier molecular flexibility index (Phi) is 7.34. The lowest BCUT2D eigenvalue weighted by atomic mass is 9.85. The van der Waals surface area contributed by atoms with E-state index in [4.69, 9.17) is 5.26 Å². The predicted octanol–water partition coefficient (Wildman–Crippen LogP) is 6.05. The zero-order valence-corrected chi connectivity index (χ0v) is 15.8. The van der Waals surface area contributed by atoms with E-state index in [9.17, 15) is 61.9 Å². The number of nitriles is 1. The van der Waals surface area contributed by atoms with E-state index in [1.165, 1.54) is 0 Å². The van der Waals surface area contributed by atoms with Crippen LogP contribution < -0.4 is 0 Å². The quantitative estimate of drug-likeness (QED) is 0.318. The average Bonchev–Trinajstić information content (AvgIpc) is 2.67. The second-order valence-corrected chi connectivity index (χ2v) is 6.27. The predicted molar refractivity (Wildman–Crippen MR) is 81.2 cm³/mol. The molecule has 0 aliphatic heterocycles. The van der Waals surface area contributed by atoms with Gasteiger partial charge >= 0.3 is 41.8 Å². The number of benzene rings is 1. The van der Waals surface area contributed by atoms with Gasteiger partial charge in [-0.05, 0) is 12.5 Å². The van der Waals surface area contributed by atoms with E-state index >= 15 is 0 Å². The lowest BCUT2D eigenvalue weighted by Crippen LogP contribution is -2.69. The van der Waals surface area contributed by atoms with Crippen molar-refractivity contribution in [3.63, 3.8) is 0 Å². The number of hydrogen-bond donors (Lipinski definition) is 0. The van der Waals surface area contributed by atoms with E-state index in [2.05, 4.69) is 4.74 Å². The highest BCUT2D eigenvalue weighted by Crippen LogP contribution is 2.62. The smallest absolute Gasteiger partial charge is 0.460 e. The van der Waals surface area contributed by atoms with Gasteiger partial charge in [-0.2, -0.15) is 62.3 Å². The normalized spacial score (nSPS) is 15.1. The van der Waals surface area contributed by atoms with Crippen molar-refractivity contribution in [2.75, 3.05) is 6.61 Å². The fourth-order valence-corrected chi connectivity index (χ4v) is 2.45. The molecule has 0 heterocycles. The lowest BCUT2D eigenvalue weighted by molar-refractivity contribution is -0.441. The van der Waals surface area contributed by atoms with Crippen LogP contribution in [0.3, 0.4) is 0 Å². The van der Waals surface area contributed by atoms with Crippen LogP contribution in [-0.2, 0) is 15.5 Å². The third-order valence-electron chi connectivity index (χ3n) is 4.19. The van der Waals surface area contributed by atoms with Gasteiger partial charge in [0.1, 0.15) is 0 Å². The van der Waals surface area contributed by atoms with Crippen LogP contribution in [0.2, 0.25) is 0 Å². The highest BCUT2D eigenvalue weighted by Gasteiger charge is 2.91. The number of carbonyl (C=O) groups excluding carboxylic acids is 1. The van der Waals surface area contributed by atoms with E-state index in [1.807, 2.05) is 0 Å². The Hall–Kier alpha value is -2.73. The average molecular weight is 507 g/mol. The Bertz CT molecular complexity index is 918. The maximum absolute atomic E-state index is 14.5. The standard InChI is InChI=1S/C17H10F13NO2/c1-2-33-11(32)9(7-31)8-5-3-4-6-10(8)12(18,19)13(20,21)14(22,23)15(24,25)16(26,27)17(28,29)30/h3-6,9H,2H2,1H3. The molecule has 33 heavy (non-hydrogen) atoms. The Morgan fingerprint density at radius 2 is 1.30 bits per heavy atom. The van der Waals surface area contributed by atoms with Gasteiger partial charge in [0.25, 0.3) is 0 Å². The van der Waals surface area contributed by atoms with Crippen molar-refractivity contribution in [1.29, 1.82) is 5.26 Å². The van der Waals surface area contributed by atoms with Crippen LogP contribution >= 0.6 is 0 Å².